The van der Waals surface area contributed by atoms with Crippen molar-refractivity contribution in [2.45, 2.75) is 24.5 Å². The molecule has 5 rings (SSSR count). The van der Waals surface area contributed by atoms with E-state index in [1.165, 1.54) is 13.4 Å². The van der Waals surface area contributed by atoms with Crippen molar-refractivity contribution in [2.24, 2.45) is 4.99 Å². The van der Waals surface area contributed by atoms with Gasteiger partial charge in [-0.15, -0.1) is 0 Å². The van der Waals surface area contributed by atoms with E-state index in [0.29, 0.717) is 42.0 Å². The van der Waals surface area contributed by atoms with Crippen molar-refractivity contribution in [1.82, 2.24) is 9.97 Å². The standard InChI is InChI=1S/C25H23N3O6/c1-31-8-9-33-20-11-17-16(10-19(20)32-2)24(27-14-26-17)28-18-12-21(29)25(23(34-25)22(18)30)13-15-6-4-3-5-7-15/h3-7,10-11,14,23H,8-9,12-13H2,1-2H3. The maximum Gasteiger partial charge on any atom is 0.209 e. The molecule has 34 heavy (non-hydrogen) atoms. The lowest BCUT2D eigenvalue weighted by Crippen LogP contribution is -2.42. The van der Waals surface area contributed by atoms with Gasteiger partial charge in [-0.1, -0.05) is 30.3 Å². The number of methoxy groups -OCH3 is 2. The van der Waals surface area contributed by atoms with Crippen molar-refractivity contribution in [3.8, 4) is 11.5 Å². The van der Waals surface area contributed by atoms with Crippen LogP contribution < -0.4 is 9.47 Å². The first-order valence-corrected chi connectivity index (χ1v) is 10.9. The summed E-state index contributed by atoms with van der Waals surface area (Å²) in [6, 6.07) is 13.0. The van der Waals surface area contributed by atoms with Gasteiger partial charge in [0.15, 0.2) is 34.8 Å². The number of hydrogen-bond acceptors (Lipinski definition) is 9. The molecule has 1 aromatic heterocycles. The fraction of sp³-hybridized carbons (Fsp3) is 0.320. The van der Waals surface area contributed by atoms with Crippen molar-refractivity contribution < 1.29 is 28.5 Å². The van der Waals surface area contributed by atoms with Gasteiger partial charge in [-0.2, -0.15) is 0 Å². The molecule has 0 N–H and O–H groups in total. The Morgan fingerprint density at radius 2 is 1.91 bits per heavy atom. The molecule has 0 radical (unpaired) electrons. The van der Waals surface area contributed by atoms with Crippen LogP contribution in [-0.2, 0) is 25.5 Å². The van der Waals surface area contributed by atoms with Gasteiger partial charge >= 0.3 is 0 Å². The molecular formula is C25H23N3O6. The van der Waals surface area contributed by atoms with Crippen molar-refractivity contribution in [2.75, 3.05) is 27.4 Å². The summed E-state index contributed by atoms with van der Waals surface area (Å²) in [5, 5.41) is 0.573. The summed E-state index contributed by atoms with van der Waals surface area (Å²) in [4.78, 5) is 39.1. The van der Waals surface area contributed by atoms with Crippen molar-refractivity contribution in [3.05, 3.63) is 54.4 Å². The average Bonchev–Trinajstić information content (AvgIpc) is 3.59. The van der Waals surface area contributed by atoms with Crippen LogP contribution in [0.4, 0.5) is 5.82 Å². The molecule has 0 spiro atoms. The highest BCUT2D eigenvalue weighted by atomic mass is 16.6. The summed E-state index contributed by atoms with van der Waals surface area (Å²) >= 11 is 0. The Balaban J connectivity index is 1.44. The number of fused-ring (bicyclic) bond motifs is 2. The second-order valence-corrected chi connectivity index (χ2v) is 8.13. The highest BCUT2D eigenvalue weighted by Crippen LogP contribution is 2.46. The van der Waals surface area contributed by atoms with Gasteiger partial charge in [0.2, 0.25) is 5.78 Å². The summed E-state index contributed by atoms with van der Waals surface area (Å²) < 4.78 is 21.9. The molecular weight excluding hydrogens is 438 g/mol. The molecule has 0 amide bonds. The fourth-order valence-corrected chi connectivity index (χ4v) is 4.19. The molecule has 9 heteroatoms. The normalized spacial score (nSPS) is 22.6. The molecule has 2 aromatic carbocycles. The summed E-state index contributed by atoms with van der Waals surface area (Å²) in [6.07, 6.45) is 0.810. The Morgan fingerprint density at radius 3 is 2.68 bits per heavy atom. The first kappa shape index (κ1) is 22.1. The summed E-state index contributed by atoms with van der Waals surface area (Å²) in [6.45, 7) is 0.774. The van der Waals surface area contributed by atoms with E-state index >= 15 is 0 Å². The monoisotopic (exact) mass is 461 g/mol. The number of carbonyl (C=O) groups is 2. The Morgan fingerprint density at radius 1 is 1.09 bits per heavy atom. The molecule has 1 saturated carbocycles. The molecule has 1 aliphatic heterocycles. The van der Waals surface area contributed by atoms with E-state index in [2.05, 4.69) is 15.0 Å². The first-order valence-electron chi connectivity index (χ1n) is 10.9. The number of ether oxygens (including phenoxy) is 4. The number of carbonyl (C=O) groups excluding carboxylic acids is 2. The lowest BCUT2D eigenvalue weighted by molar-refractivity contribution is -0.124. The van der Waals surface area contributed by atoms with Gasteiger partial charge in [0.25, 0.3) is 0 Å². The van der Waals surface area contributed by atoms with Crippen molar-refractivity contribution >= 4 is 34.0 Å². The quantitative estimate of drug-likeness (QED) is 0.372. The average molecular weight is 461 g/mol. The highest BCUT2D eigenvalue weighted by molar-refractivity contribution is 6.49. The van der Waals surface area contributed by atoms with Crippen LogP contribution in [0.2, 0.25) is 0 Å². The Bertz CT molecular complexity index is 1290. The zero-order valence-electron chi connectivity index (χ0n) is 18.8. The Labute approximate surface area is 195 Å². The molecule has 2 fully saturated rings. The predicted octanol–water partition coefficient (Wildman–Crippen LogP) is 2.66. The van der Waals surface area contributed by atoms with Gasteiger partial charge in [-0.05, 0) is 11.6 Å². The van der Waals surface area contributed by atoms with Gasteiger partial charge in [-0.3, -0.25) is 9.59 Å². The summed E-state index contributed by atoms with van der Waals surface area (Å²) in [5.74, 6) is 0.820. The Hall–Kier alpha value is -3.69. The largest absolute Gasteiger partial charge is 0.493 e. The lowest BCUT2D eigenvalue weighted by atomic mass is 9.81. The molecule has 174 valence electrons. The van der Waals surface area contributed by atoms with Crippen LogP contribution in [0.5, 0.6) is 11.5 Å². The van der Waals surface area contributed by atoms with Gasteiger partial charge in [-0.25, -0.2) is 15.0 Å². The van der Waals surface area contributed by atoms with E-state index in [1.54, 1.807) is 19.2 Å². The van der Waals surface area contributed by atoms with Crippen molar-refractivity contribution in [3.63, 3.8) is 0 Å². The number of aromatic nitrogens is 2. The van der Waals surface area contributed by atoms with Gasteiger partial charge in [0.1, 0.15) is 12.9 Å². The van der Waals surface area contributed by atoms with Crippen molar-refractivity contribution in [1.29, 1.82) is 0 Å². The second-order valence-electron chi connectivity index (χ2n) is 8.13. The molecule has 9 nitrogen and oxygen atoms in total. The van der Waals surface area contributed by atoms with Crippen LogP contribution in [0.3, 0.4) is 0 Å². The number of hydrogen-bond donors (Lipinski definition) is 0. The van der Waals surface area contributed by atoms with E-state index in [4.69, 9.17) is 18.9 Å². The van der Waals surface area contributed by atoms with Crippen LogP contribution in [-0.4, -0.2) is 66.4 Å². The molecule has 2 heterocycles. The van der Waals surface area contributed by atoms with E-state index in [9.17, 15) is 9.59 Å². The van der Waals surface area contributed by atoms with Gasteiger partial charge in [0, 0.05) is 25.0 Å². The van der Waals surface area contributed by atoms with Crippen LogP contribution in [0, 0.1) is 0 Å². The topological polar surface area (TPSA) is 113 Å². The van der Waals surface area contributed by atoms with E-state index in [0.717, 1.165) is 5.56 Å². The van der Waals surface area contributed by atoms with Crippen LogP contribution >= 0.6 is 0 Å². The lowest BCUT2D eigenvalue weighted by Gasteiger charge is -2.17. The van der Waals surface area contributed by atoms with E-state index < -0.39 is 11.7 Å². The van der Waals surface area contributed by atoms with Crippen LogP contribution in [0.15, 0.2) is 53.8 Å². The minimum absolute atomic E-state index is 0.108. The molecule has 1 saturated heterocycles. The minimum Gasteiger partial charge on any atom is -0.493 e. The number of rotatable bonds is 8. The number of aliphatic imine (C=N–C) groups is 1. The Kier molecular flexibility index (Phi) is 5.80. The first-order chi connectivity index (χ1) is 16.6. The molecule has 3 aromatic rings. The molecule has 0 bridgehead atoms. The zero-order chi connectivity index (χ0) is 23.7. The van der Waals surface area contributed by atoms with Crippen LogP contribution in [0.1, 0.15) is 12.0 Å². The molecule has 2 unspecified atom stereocenters. The number of nitrogens with zero attached hydrogens (tertiary/aromatic N) is 3. The maximum atomic E-state index is 13.1. The van der Waals surface area contributed by atoms with E-state index in [-0.39, 0.29) is 29.5 Å². The molecule has 1 aliphatic carbocycles. The number of benzene rings is 2. The second kappa shape index (κ2) is 8.92. The predicted molar refractivity (Wildman–Crippen MR) is 123 cm³/mol. The maximum absolute atomic E-state index is 13.1. The number of ketones is 2. The molecule has 2 atom stereocenters. The summed E-state index contributed by atoms with van der Waals surface area (Å²) in [5.41, 5.74) is 0.570. The van der Waals surface area contributed by atoms with Gasteiger partial charge in [0.05, 0.1) is 31.4 Å². The minimum atomic E-state index is -1.08. The number of epoxide rings is 1. The third kappa shape index (κ3) is 3.93. The van der Waals surface area contributed by atoms with Crippen LogP contribution in [0.25, 0.3) is 10.9 Å². The van der Waals surface area contributed by atoms with Gasteiger partial charge < -0.3 is 18.9 Å². The smallest absolute Gasteiger partial charge is 0.209 e. The van der Waals surface area contributed by atoms with E-state index in [1.807, 2.05) is 30.3 Å². The number of Topliss-reactive ketones (excluding diaryl/α,β-unsaturated/α-hetero) is 2. The fourth-order valence-electron chi connectivity index (χ4n) is 4.19. The summed E-state index contributed by atoms with van der Waals surface area (Å²) in [7, 11) is 3.12. The zero-order valence-corrected chi connectivity index (χ0v) is 18.8. The highest BCUT2D eigenvalue weighted by Gasteiger charge is 2.68. The third-order valence-corrected chi connectivity index (χ3v) is 6.01. The third-order valence-electron chi connectivity index (χ3n) is 6.01. The molecule has 2 aliphatic rings. The SMILES string of the molecule is COCCOc1cc2ncnc(N=C3CC(=O)C4(Cc5ccccc5)OC4C3=O)c2cc1OC.